The molecule has 0 unspecified atom stereocenters. The number of hydrogen-bond donors (Lipinski definition) is 1. The zero-order valence-corrected chi connectivity index (χ0v) is 12.2. The lowest BCUT2D eigenvalue weighted by Gasteiger charge is -2.19. The Morgan fingerprint density at radius 1 is 1.26 bits per heavy atom. The molecular weight excluding hydrogens is 242 g/mol. The van der Waals surface area contributed by atoms with Gasteiger partial charge < -0.3 is 14.8 Å². The number of hydrogen-bond acceptors (Lipinski definition) is 4. The molecule has 1 rings (SSSR count). The van der Waals surface area contributed by atoms with Crippen molar-refractivity contribution in [1.82, 2.24) is 0 Å². The van der Waals surface area contributed by atoms with Crippen LogP contribution in [0.1, 0.15) is 34.1 Å². The highest BCUT2D eigenvalue weighted by Gasteiger charge is 2.15. The summed E-state index contributed by atoms with van der Waals surface area (Å²) < 4.78 is 10.7. The van der Waals surface area contributed by atoms with Gasteiger partial charge in [0.25, 0.3) is 0 Å². The average Bonchev–Trinajstić information content (AvgIpc) is 2.29. The topological polar surface area (TPSA) is 47.6 Å². The van der Waals surface area contributed by atoms with E-state index in [9.17, 15) is 4.79 Å². The largest absolute Gasteiger partial charge is 0.492 e. The van der Waals surface area contributed by atoms with Crippen molar-refractivity contribution in [1.29, 1.82) is 0 Å². The summed E-state index contributed by atoms with van der Waals surface area (Å²) in [5.41, 5.74) is 0.466. The molecule has 0 saturated carbocycles. The van der Waals surface area contributed by atoms with Crippen LogP contribution in [0.4, 0.5) is 5.69 Å². The van der Waals surface area contributed by atoms with Gasteiger partial charge in [-0.25, -0.2) is 0 Å². The van der Waals surface area contributed by atoms with Gasteiger partial charge in [-0.15, -0.1) is 0 Å². The molecular formula is C15H23NO3. The van der Waals surface area contributed by atoms with E-state index < -0.39 is 5.60 Å². The van der Waals surface area contributed by atoms with Crippen molar-refractivity contribution < 1.29 is 14.3 Å². The van der Waals surface area contributed by atoms with Gasteiger partial charge >= 0.3 is 5.97 Å². The van der Waals surface area contributed by atoms with E-state index in [1.54, 1.807) is 0 Å². The third-order valence-electron chi connectivity index (χ3n) is 2.25. The minimum absolute atomic E-state index is 0.200. The second kappa shape index (κ2) is 7.02. The lowest BCUT2D eigenvalue weighted by atomic mass is 10.2. The summed E-state index contributed by atoms with van der Waals surface area (Å²) in [5, 5.41) is 3.19. The SMILES string of the molecule is CCOc1ccccc1NCCC(=O)OC(C)(C)C. The molecule has 0 radical (unpaired) electrons. The van der Waals surface area contributed by atoms with Crippen molar-refractivity contribution in [3.05, 3.63) is 24.3 Å². The van der Waals surface area contributed by atoms with E-state index in [1.165, 1.54) is 0 Å². The van der Waals surface area contributed by atoms with Crippen LogP contribution >= 0.6 is 0 Å². The molecule has 0 aromatic heterocycles. The molecule has 0 heterocycles. The second-order valence-electron chi connectivity index (χ2n) is 5.19. The van der Waals surface area contributed by atoms with Crippen LogP contribution in [0.3, 0.4) is 0 Å². The molecule has 1 aromatic carbocycles. The van der Waals surface area contributed by atoms with Crippen LogP contribution in [-0.4, -0.2) is 24.7 Å². The number of carbonyl (C=O) groups is 1. The Hall–Kier alpha value is -1.71. The van der Waals surface area contributed by atoms with Crippen molar-refractivity contribution in [2.45, 2.75) is 39.7 Å². The van der Waals surface area contributed by atoms with Gasteiger partial charge in [0.1, 0.15) is 11.4 Å². The van der Waals surface area contributed by atoms with Crippen LogP contribution < -0.4 is 10.1 Å². The predicted molar refractivity (Wildman–Crippen MR) is 76.6 cm³/mol. The first-order valence-corrected chi connectivity index (χ1v) is 6.60. The number of carbonyl (C=O) groups excluding carboxylic acids is 1. The van der Waals surface area contributed by atoms with Crippen LogP contribution in [0.2, 0.25) is 0 Å². The predicted octanol–water partition coefficient (Wildman–Crippen LogP) is 3.23. The van der Waals surface area contributed by atoms with Gasteiger partial charge in [0, 0.05) is 6.54 Å². The fourth-order valence-corrected chi connectivity index (χ4v) is 1.59. The van der Waals surface area contributed by atoms with Crippen molar-refractivity contribution >= 4 is 11.7 Å². The molecule has 4 nitrogen and oxygen atoms in total. The molecule has 19 heavy (non-hydrogen) atoms. The summed E-state index contributed by atoms with van der Waals surface area (Å²) in [5.74, 6) is 0.600. The highest BCUT2D eigenvalue weighted by Crippen LogP contribution is 2.23. The average molecular weight is 265 g/mol. The van der Waals surface area contributed by atoms with E-state index in [1.807, 2.05) is 52.0 Å². The van der Waals surface area contributed by atoms with Crippen LogP contribution in [0.5, 0.6) is 5.75 Å². The summed E-state index contributed by atoms with van der Waals surface area (Å²) in [4.78, 5) is 11.6. The maximum Gasteiger partial charge on any atom is 0.308 e. The van der Waals surface area contributed by atoms with Crippen molar-refractivity contribution in [3.63, 3.8) is 0 Å². The number of nitrogens with one attached hydrogen (secondary N) is 1. The summed E-state index contributed by atoms with van der Waals surface area (Å²) >= 11 is 0. The smallest absolute Gasteiger partial charge is 0.308 e. The van der Waals surface area contributed by atoms with Crippen LogP contribution in [-0.2, 0) is 9.53 Å². The zero-order valence-electron chi connectivity index (χ0n) is 12.2. The molecule has 0 aliphatic heterocycles. The Bertz CT molecular complexity index is 410. The molecule has 0 spiro atoms. The van der Waals surface area contributed by atoms with Gasteiger partial charge in [0.05, 0.1) is 18.7 Å². The third kappa shape index (κ3) is 6.13. The molecule has 1 aromatic rings. The van der Waals surface area contributed by atoms with E-state index in [-0.39, 0.29) is 5.97 Å². The lowest BCUT2D eigenvalue weighted by molar-refractivity contribution is -0.154. The van der Waals surface area contributed by atoms with E-state index >= 15 is 0 Å². The van der Waals surface area contributed by atoms with E-state index in [0.29, 0.717) is 19.6 Å². The number of ether oxygens (including phenoxy) is 2. The van der Waals surface area contributed by atoms with Gasteiger partial charge in [-0.1, -0.05) is 12.1 Å². The molecule has 0 aliphatic carbocycles. The summed E-state index contributed by atoms with van der Waals surface area (Å²) in [7, 11) is 0. The Kier molecular flexibility index (Phi) is 5.67. The molecule has 0 fully saturated rings. The normalized spacial score (nSPS) is 10.9. The zero-order chi connectivity index (χ0) is 14.3. The molecule has 1 N–H and O–H groups in total. The fraction of sp³-hybridized carbons (Fsp3) is 0.533. The Morgan fingerprint density at radius 2 is 1.95 bits per heavy atom. The van der Waals surface area contributed by atoms with E-state index in [0.717, 1.165) is 11.4 Å². The number of rotatable bonds is 6. The minimum atomic E-state index is -0.430. The Morgan fingerprint density at radius 3 is 2.58 bits per heavy atom. The monoisotopic (exact) mass is 265 g/mol. The number of anilines is 1. The molecule has 0 atom stereocenters. The van der Waals surface area contributed by atoms with E-state index in [2.05, 4.69) is 5.32 Å². The van der Waals surface area contributed by atoms with Crippen molar-refractivity contribution in [2.75, 3.05) is 18.5 Å². The maximum absolute atomic E-state index is 11.6. The molecule has 0 saturated heterocycles. The lowest BCUT2D eigenvalue weighted by Crippen LogP contribution is -2.25. The molecule has 0 bridgehead atoms. The first kappa shape index (κ1) is 15.3. The van der Waals surface area contributed by atoms with Crippen molar-refractivity contribution in [3.8, 4) is 5.75 Å². The standard InChI is InChI=1S/C15H23NO3/c1-5-18-13-9-7-6-8-12(13)16-11-10-14(17)19-15(2,3)4/h6-9,16H,5,10-11H2,1-4H3. The highest BCUT2D eigenvalue weighted by molar-refractivity contribution is 5.70. The number of benzene rings is 1. The summed E-state index contributed by atoms with van der Waals surface area (Å²) in [6, 6.07) is 7.68. The highest BCUT2D eigenvalue weighted by atomic mass is 16.6. The van der Waals surface area contributed by atoms with Gasteiger partial charge in [-0.2, -0.15) is 0 Å². The van der Waals surface area contributed by atoms with Gasteiger partial charge in [0.2, 0.25) is 0 Å². The minimum Gasteiger partial charge on any atom is -0.492 e. The molecule has 0 aliphatic rings. The summed E-state index contributed by atoms with van der Waals surface area (Å²) in [6.07, 6.45) is 0.331. The third-order valence-corrected chi connectivity index (χ3v) is 2.25. The van der Waals surface area contributed by atoms with Crippen LogP contribution in [0.15, 0.2) is 24.3 Å². The molecule has 106 valence electrons. The first-order chi connectivity index (χ1) is 8.92. The second-order valence-corrected chi connectivity index (χ2v) is 5.19. The Balaban J connectivity index is 2.43. The summed E-state index contributed by atoms with van der Waals surface area (Å²) in [6.45, 7) is 8.68. The maximum atomic E-state index is 11.6. The first-order valence-electron chi connectivity index (χ1n) is 6.60. The van der Waals surface area contributed by atoms with Gasteiger partial charge in [-0.3, -0.25) is 4.79 Å². The van der Waals surface area contributed by atoms with Crippen LogP contribution in [0, 0.1) is 0 Å². The molecule has 4 heteroatoms. The molecule has 0 amide bonds. The van der Waals surface area contributed by atoms with Crippen molar-refractivity contribution in [2.24, 2.45) is 0 Å². The van der Waals surface area contributed by atoms with Gasteiger partial charge in [0.15, 0.2) is 0 Å². The van der Waals surface area contributed by atoms with Gasteiger partial charge in [-0.05, 0) is 39.8 Å². The Labute approximate surface area is 115 Å². The number of para-hydroxylation sites is 2. The fourth-order valence-electron chi connectivity index (χ4n) is 1.59. The quantitative estimate of drug-likeness (QED) is 0.802. The number of esters is 1. The van der Waals surface area contributed by atoms with E-state index in [4.69, 9.17) is 9.47 Å². The van der Waals surface area contributed by atoms with Crippen LogP contribution in [0.25, 0.3) is 0 Å².